The molecule has 5 nitrogen and oxygen atoms in total. The lowest BCUT2D eigenvalue weighted by Gasteiger charge is -2.35. The molecular weight excluding hydrogens is 379 g/mol. The summed E-state index contributed by atoms with van der Waals surface area (Å²) < 4.78 is 21.7. The minimum Gasteiger partial charge on any atom is -0.492 e. The number of aromatic nitrogens is 2. The first kappa shape index (κ1) is 20.6. The molecular formula is C24H29FN4O. The third kappa shape index (κ3) is 5.07. The van der Waals surface area contributed by atoms with Crippen molar-refractivity contribution in [3.63, 3.8) is 0 Å². The zero-order chi connectivity index (χ0) is 20.9. The Bertz CT molecular complexity index is 965. The maximum Gasteiger partial charge on any atom is 0.123 e. The average Bonchev–Trinajstić information content (AvgIpc) is 3.08. The molecule has 1 aromatic heterocycles. The van der Waals surface area contributed by atoms with Gasteiger partial charge in [-0.25, -0.2) is 9.07 Å². The van der Waals surface area contributed by atoms with E-state index in [0.717, 1.165) is 67.7 Å². The van der Waals surface area contributed by atoms with E-state index >= 15 is 0 Å². The van der Waals surface area contributed by atoms with Gasteiger partial charge in [0.25, 0.3) is 0 Å². The van der Waals surface area contributed by atoms with Crippen LogP contribution in [0, 0.1) is 19.7 Å². The van der Waals surface area contributed by atoms with Crippen molar-refractivity contribution in [3.05, 3.63) is 77.4 Å². The van der Waals surface area contributed by atoms with E-state index in [-0.39, 0.29) is 5.82 Å². The Hall–Kier alpha value is -2.70. The highest BCUT2D eigenvalue weighted by Crippen LogP contribution is 2.21. The van der Waals surface area contributed by atoms with Crippen LogP contribution in [0.5, 0.6) is 5.75 Å². The fourth-order valence-electron chi connectivity index (χ4n) is 3.98. The predicted octanol–water partition coefficient (Wildman–Crippen LogP) is 3.82. The number of halogens is 1. The van der Waals surface area contributed by atoms with Crippen LogP contribution >= 0.6 is 0 Å². The maximum absolute atomic E-state index is 14.0. The topological polar surface area (TPSA) is 33.5 Å². The molecule has 0 N–H and O–H groups in total. The lowest BCUT2D eigenvalue weighted by Crippen LogP contribution is -2.47. The maximum atomic E-state index is 14.0. The molecule has 2 aromatic carbocycles. The summed E-state index contributed by atoms with van der Waals surface area (Å²) in [5.41, 5.74) is 3.96. The predicted molar refractivity (Wildman–Crippen MR) is 117 cm³/mol. The van der Waals surface area contributed by atoms with Crippen molar-refractivity contribution in [1.82, 2.24) is 19.6 Å². The van der Waals surface area contributed by atoms with Gasteiger partial charge in [0.15, 0.2) is 0 Å². The van der Waals surface area contributed by atoms with Crippen LogP contribution in [-0.2, 0) is 6.54 Å². The highest BCUT2D eigenvalue weighted by Gasteiger charge is 2.19. The van der Waals surface area contributed by atoms with Crippen molar-refractivity contribution in [2.45, 2.75) is 20.4 Å². The van der Waals surface area contributed by atoms with Crippen LogP contribution in [0.3, 0.4) is 0 Å². The summed E-state index contributed by atoms with van der Waals surface area (Å²) in [6, 6.07) is 17.0. The molecule has 0 amide bonds. The van der Waals surface area contributed by atoms with Crippen molar-refractivity contribution in [1.29, 1.82) is 0 Å². The Morgan fingerprint density at radius 2 is 1.67 bits per heavy atom. The van der Waals surface area contributed by atoms with Gasteiger partial charge in [-0.3, -0.25) is 9.80 Å². The van der Waals surface area contributed by atoms with E-state index in [2.05, 4.69) is 14.9 Å². The van der Waals surface area contributed by atoms with Gasteiger partial charge in [-0.05, 0) is 55.8 Å². The molecule has 0 radical (unpaired) electrons. The Morgan fingerprint density at radius 3 is 2.37 bits per heavy atom. The summed E-state index contributed by atoms with van der Waals surface area (Å²) >= 11 is 0. The fourth-order valence-corrected chi connectivity index (χ4v) is 3.98. The van der Waals surface area contributed by atoms with E-state index in [4.69, 9.17) is 4.74 Å². The molecule has 1 saturated heterocycles. The fraction of sp³-hybridized carbons (Fsp3) is 0.375. The van der Waals surface area contributed by atoms with Gasteiger partial charge in [-0.2, -0.15) is 5.10 Å². The number of para-hydroxylation sites is 1. The minimum atomic E-state index is -0.202. The van der Waals surface area contributed by atoms with Gasteiger partial charge in [0.05, 0.1) is 11.4 Å². The van der Waals surface area contributed by atoms with Crippen LogP contribution < -0.4 is 4.74 Å². The number of rotatable bonds is 7. The number of aryl methyl sites for hydroxylation is 2. The zero-order valence-corrected chi connectivity index (χ0v) is 17.7. The number of ether oxygens (including phenoxy) is 1. The van der Waals surface area contributed by atoms with Crippen LogP contribution in [0.25, 0.3) is 5.69 Å². The van der Waals surface area contributed by atoms with Crippen LogP contribution in [-0.4, -0.2) is 58.9 Å². The molecule has 1 aliphatic heterocycles. The number of hydrogen-bond acceptors (Lipinski definition) is 4. The number of piperazine rings is 1. The summed E-state index contributed by atoms with van der Waals surface area (Å²) in [6.07, 6.45) is 0. The third-order valence-electron chi connectivity index (χ3n) is 5.56. The highest BCUT2D eigenvalue weighted by molar-refractivity contribution is 5.42. The van der Waals surface area contributed by atoms with E-state index in [1.54, 1.807) is 6.07 Å². The molecule has 0 unspecified atom stereocenters. The first-order chi connectivity index (χ1) is 14.6. The molecule has 0 bridgehead atoms. The molecule has 0 aliphatic carbocycles. The smallest absolute Gasteiger partial charge is 0.123 e. The molecule has 1 aliphatic rings. The van der Waals surface area contributed by atoms with Crippen molar-refractivity contribution in [2.75, 3.05) is 39.3 Å². The van der Waals surface area contributed by atoms with Gasteiger partial charge < -0.3 is 4.74 Å². The van der Waals surface area contributed by atoms with E-state index in [1.165, 1.54) is 6.07 Å². The Morgan fingerprint density at radius 1 is 0.933 bits per heavy atom. The van der Waals surface area contributed by atoms with Crippen LogP contribution in [0.1, 0.15) is 17.0 Å². The first-order valence-electron chi connectivity index (χ1n) is 10.5. The number of hydrogen-bond donors (Lipinski definition) is 0. The summed E-state index contributed by atoms with van der Waals surface area (Å²) in [4.78, 5) is 4.81. The summed E-state index contributed by atoms with van der Waals surface area (Å²) in [5.74, 6) is 0.714. The molecule has 2 heterocycles. The lowest BCUT2D eigenvalue weighted by molar-refractivity contribution is 0.112. The second-order valence-electron chi connectivity index (χ2n) is 7.89. The third-order valence-corrected chi connectivity index (χ3v) is 5.56. The van der Waals surface area contributed by atoms with Gasteiger partial charge in [0, 0.05) is 45.0 Å². The highest BCUT2D eigenvalue weighted by atomic mass is 19.1. The number of benzene rings is 2. The monoisotopic (exact) mass is 408 g/mol. The Labute approximate surface area is 177 Å². The lowest BCUT2D eigenvalue weighted by atomic mass is 10.1. The Balaban J connectivity index is 1.33. The van der Waals surface area contributed by atoms with Gasteiger partial charge in [-0.15, -0.1) is 0 Å². The van der Waals surface area contributed by atoms with Crippen molar-refractivity contribution in [2.24, 2.45) is 0 Å². The van der Waals surface area contributed by atoms with Crippen LogP contribution in [0.15, 0.2) is 54.6 Å². The van der Waals surface area contributed by atoms with Crippen molar-refractivity contribution < 1.29 is 9.13 Å². The summed E-state index contributed by atoms with van der Waals surface area (Å²) in [7, 11) is 0. The molecule has 3 aromatic rings. The molecule has 30 heavy (non-hydrogen) atoms. The molecule has 1 fully saturated rings. The van der Waals surface area contributed by atoms with Crippen LogP contribution in [0.4, 0.5) is 4.39 Å². The van der Waals surface area contributed by atoms with Crippen molar-refractivity contribution >= 4 is 0 Å². The van der Waals surface area contributed by atoms with Crippen LogP contribution in [0.2, 0.25) is 0 Å². The number of nitrogens with zero attached hydrogens (tertiary/aromatic N) is 4. The van der Waals surface area contributed by atoms with E-state index in [9.17, 15) is 4.39 Å². The summed E-state index contributed by atoms with van der Waals surface area (Å²) in [6.45, 7) is 10.2. The van der Waals surface area contributed by atoms with Gasteiger partial charge in [-0.1, -0.05) is 18.2 Å². The van der Waals surface area contributed by atoms with Crippen molar-refractivity contribution in [3.8, 4) is 11.4 Å². The molecule has 0 saturated carbocycles. The summed E-state index contributed by atoms with van der Waals surface area (Å²) in [5, 5.41) is 4.59. The van der Waals surface area contributed by atoms with E-state index < -0.39 is 0 Å². The van der Waals surface area contributed by atoms with E-state index in [0.29, 0.717) is 6.61 Å². The zero-order valence-electron chi connectivity index (χ0n) is 17.7. The standard InChI is InChI=1S/C24H29FN4O/c1-19-16-20(2)29(26-19)24-9-8-22(25)17-21(24)18-28-12-10-27(11-13-28)14-15-30-23-6-4-3-5-7-23/h3-9,16-17H,10-15,18H2,1-2H3. The minimum absolute atomic E-state index is 0.202. The average molecular weight is 409 g/mol. The molecule has 0 spiro atoms. The normalized spacial score (nSPS) is 15.4. The Kier molecular flexibility index (Phi) is 6.45. The first-order valence-corrected chi connectivity index (χ1v) is 10.5. The second kappa shape index (κ2) is 9.41. The molecule has 0 atom stereocenters. The molecule has 4 rings (SSSR count). The molecule has 6 heteroatoms. The van der Waals surface area contributed by atoms with E-state index in [1.807, 2.05) is 61.0 Å². The van der Waals surface area contributed by atoms with Gasteiger partial charge in [0.2, 0.25) is 0 Å². The SMILES string of the molecule is Cc1cc(C)n(-c2ccc(F)cc2CN2CCN(CCOc3ccccc3)CC2)n1. The van der Waals surface area contributed by atoms with Gasteiger partial charge in [0.1, 0.15) is 18.2 Å². The quantitative estimate of drug-likeness (QED) is 0.595. The van der Waals surface area contributed by atoms with Gasteiger partial charge >= 0.3 is 0 Å². The largest absolute Gasteiger partial charge is 0.492 e. The second-order valence-corrected chi connectivity index (χ2v) is 7.89. The molecule has 158 valence electrons.